The fourth-order valence-corrected chi connectivity index (χ4v) is 2.20. The zero-order valence-corrected chi connectivity index (χ0v) is 11.2. The maximum absolute atomic E-state index is 11.9. The molecule has 0 atom stereocenters. The first-order chi connectivity index (χ1) is 8.42. The van der Waals surface area contributed by atoms with Gasteiger partial charge in [0.15, 0.2) is 0 Å². The highest BCUT2D eigenvalue weighted by atomic mass is 79.9. The molecular formula is C12H13BrN2O3. The summed E-state index contributed by atoms with van der Waals surface area (Å²) in [5.74, 6) is -1.41. The zero-order valence-electron chi connectivity index (χ0n) is 9.57. The topological polar surface area (TPSA) is 92.4 Å². The van der Waals surface area contributed by atoms with Gasteiger partial charge in [-0.1, -0.05) is 15.9 Å². The van der Waals surface area contributed by atoms with Crippen LogP contribution in [-0.4, -0.2) is 22.5 Å². The van der Waals surface area contributed by atoms with Gasteiger partial charge in [0.25, 0.3) is 0 Å². The van der Waals surface area contributed by atoms with Crippen LogP contribution in [0.1, 0.15) is 29.6 Å². The average molecular weight is 313 g/mol. The van der Waals surface area contributed by atoms with E-state index in [1.54, 1.807) is 12.1 Å². The van der Waals surface area contributed by atoms with Crippen LogP contribution in [0.25, 0.3) is 0 Å². The van der Waals surface area contributed by atoms with Crippen LogP contribution in [0.15, 0.2) is 22.7 Å². The van der Waals surface area contributed by atoms with Crippen molar-refractivity contribution in [1.29, 1.82) is 0 Å². The molecule has 2 rings (SSSR count). The van der Waals surface area contributed by atoms with E-state index in [1.165, 1.54) is 6.07 Å². The van der Waals surface area contributed by atoms with Crippen LogP contribution in [0.4, 0.5) is 5.69 Å². The Morgan fingerprint density at radius 2 is 2.06 bits per heavy atom. The molecule has 0 aromatic heterocycles. The van der Waals surface area contributed by atoms with Crippen molar-refractivity contribution < 1.29 is 14.7 Å². The minimum atomic E-state index is -1.09. The third-order valence-electron chi connectivity index (χ3n) is 3.16. The van der Waals surface area contributed by atoms with Gasteiger partial charge in [-0.3, -0.25) is 4.79 Å². The van der Waals surface area contributed by atoms with E-state index >= 15 is 0 Å². The van der Waals surface area contributed by atoms with Crippen molar-refractivity contribution in [3.05, 3.63) is 28.2 Å². The van der Waals surface area contributed by atoms with Gasteiger partial charge in [-0.25, -0.2) is 4.79 Å². The number of nitrogens with one attached hydrogen (secondary N) is 1. The Labute approximate surface area is 112 Å². The number of rotatable bonds is 3. The van der Waals surface area contributed by atoms with E-state index in [2.05, 4.69) is 21.2 Å². The van der Waals surface area contributed by atoms with Gasteiger partial charge in [-0.15, -0.1) is 0 Å². The van der Waals surface area contributed by atoms with E-state index in [0.717, 1.165) is 6.42 Å². The van der Waals surface area contributed by atoms with Gasteiger partial charge in [0, 0.05) is 4.47 Å². The van der Waals surface area contributed by atoms with Crippen LogP contribution in [-0.2, 0) is 4.79 Å². The molecule has 0 unspecified atom stereocenters. The zero-order chi connectivity index (χ0) is 13.3. The normalized spacial score (nSPS) is 16.8. The molecule has 0 bridgehead atoms. The SMILES string of the molecule is NC1(C(=O)Nc2ccc(Br)cc2C(=O)O)CCC1. The van der Waals surface area contributed by atoms with Gasteiger partial charge in [0.1, 0.15) is 0 Å². The Morgan fingerprint density at radius 1 is 1.39 bits per heavy atom. The second kappa shape index (κ2) is 4.70. The lowest BCUT2D eigenvalue weighted by atomic mass is 9.77. The van der Waals surface area contributed by atoms with Crippen LogP contribution in [0, 0.1) is 0 Å². The molecule has 1 aliphatic rings. The fraction of sp³-hybridized carbons (Fsp3) is 0.333. The van der Waals surface area contributed by atoms with Crippen molar-refractivity contribution in [3.8, 4) is 0 Å². The van der Waals surface area contributed by atoms with E-state index in [9.17, 15) is 9.59 Å². The van der Waals surface area contributed by atoms with Crippen molar-refractivity contribution in [2.75, 3.05) is 5.32 Å². The van der Waals surface area contributed by atoms with E-state index in [4.69, 9.17) is 10.8 Å². The molecule has 1 saturated carbocycles. The molecule has 0 spiro atoms. The summed E-state index contributed by atoms with van der Waals surface area (Å²) in [6.07, 6.45) is 2.20. The third kappa shape index (κ3) is 2.39. The van der Waals surface area contributed by atoms with Gasteiger partial charge in [0.05, 0.1) is 16.8 Å². The minimum Gasteiger partial charge on any atom is -0.478 e. The van der Waals surface area contributed by atoms with Crippen LogP contribution < -0.4 is 11.1 Å². The van der Waals surface area contributed by atoms with E-state index in [-0.39, 0.29) is 17.2 Å². The lowest BCUT2D eigenvalue weighted by Gasteiger charge is -2.36. The number of carboxylic acid groups (broad SMARTS) is 1. The smallest absolute Gasteiger partial charge is 0.337 e. The monoisotopic (exact) mass is 312 g/mol. The number of hydrogen-bond acceptors (Lipinski definition) is 3. The van der Waals surface area contributed by atoms with Crippen molar-refractivity contribution in [3.63, 3.8) is 0 Å². The number of anilines is 1. The molecule has 0 radical (unpaired) electrons. The lowest BCUT2D eigenvalue weighted by molar-refractivity contribution is -0.123. The molecule has 6 heteroatoms. The number of benzene rings is 1. The maximum atomic E-state index is 11.9. The highest BCUT2D eigenvalue weighted by molar-refractivity contribution is 9.10. The number of halogens is 1. The number of nitrogens with two attached hydrogens (primary N) is 1. The van der Waals surface area contributed by atoms with Crippen molar-refractivity contribution >= 4 is 33.5 Å². The number of carbonyl (C=O) groups is 2. The van der Waals surface area contributed by atoms with Crippen molar-refractivity contribution in [2.24, 2.45) is 5.73 Å². The Morgan fingerprint density at radius 3 is 2.56 bits per heavy atom. The number of amides is 1. The first-order valence-electron chi connectivity index (χ1n) is 5.55. The Kier molecular flexibility index (Phi) is 3.41. The molecule has 0 saturated heterocycles. The molecule has 5 nitrogen and oxygen atoms in total. The standard InChI is InChI=1S/C12H13BrN2O3/c13-7-2-3-9(8(6-7)10(16)17)15-11(18)12(14)4-1-5-12/h2-3,6H,1,4-5,14H2,(H,15,18)(H,16,17). The van der Waals surface area contributed by atoms with Gasteiger partial charge in [-0.2, -0.15) is 0 Å². The van der Waals surface area contributed by atoms with Gasteiger partial charge in [0.2, 0.25) is 5.91 Å². The van der Waals surface area contributed by atoms with Gasteiger partial charge in [-0.05, 0) is 37.5 Å². The highest BCUT2D eigenvalue weighted by Gasteiger charge is 2.40. The number of carbonyl (C=O) groups excluding carboxylic acids is 1. The second-order valence-corrected chi connectivity index (χ2v) is 5.37. The molecule has 18 heavy (non-hydrogen) atoms. The van der Waals surface area contributed by atoms with Crippen LogP contribution in [0.3, 0.4) is 0 Å². The predicted octanol–water partition coefficient (Wildman–Crippen LogP) is 1.97. The molecular weight excluding hydrogens is 300 g/mol. The maximum Gasteiger partial charge on any atom is 0.337 e. The van der Waals surface area contributed by atoms with Crippen molar-refractivity contribution in [1.82, 2.24) is 0 Å². The molecule has 1 aromatic carbocycles. The minimum absolute atomic E-state index is 0.0423. The largest absolute Gasteiger partial charge is 0.478 e. The lowest BCUT2D eigenvalue weighted by Crippen LogP contribution is -2.56. The van der Waals surface area contributed by atoms with Crippen LogP contribution >= 0.6 is 15.9 Å². The number of hydrogen-bond donors (Lipinski definition) is 3. The molecule has 1 aliphatic carbocycles. The van der Waals surface area contributed by atoms with E-state index in [1.807, 2.05) is 0 Å². The van der Waals surface area contributed by atoms with E-state index < -0.39 is 11.5 Å². The van der Waals surface area contributed by atoms with Gasteiger partial charge < -0.3 is 16.2 Å². The molecule has 96 valence electrons. The summed E-state index contributed by atoms with van der Waals surface area (Å²) in [6.45, 7) is 0. The van der Waals surface area contributed by atoms with E-state index in [0.29, 0.717) is 17.3 Å². The van der Waals surface area contributed by atoms with Crippen LogP contribution in [0.5, 0.6) is 0 Å². The quantitative estimate of drug-likeness (QED) is 0.795. The fourth-order valence-electron chi connectivity index (χ4n) is 1.83. The number of carboxylic acids is 1. The summed E-state index contributed by atoms with van der Waals surface area (Å²) in [5, 5.41) is 11.7. The molecule has 4 N–H and O–H groups in total. The molecule has 1 fully saturated rings. The van der Waals surface area contributed by atoms with Crippen molar-refractivity contribution in [2.45, 2.75) is 24.8 Å². The molecule has 0 heterocycles. The molecule has 1 amide bonds. The molecule has 1 aromatic rings. The highest BCUT2D eigenvalue weighted by Crippen LogP contribution is 2.31. The summed E-state index contributed by atoms with van der Waals surface area (Å²) in [5.41, 5.74) is 5.35. The summed E-state index contributed by atoms with van der Waals surface area (Å²) < 4.78 is 0.643. The second-order valence-electron chi connectivity index (χ2n) is 4.46. The van der Waals surface area contributed by atoms with Gasteiger partial charge >= 0.3 is 5.97 Å². The average Bonchev–Trinajstić information content (AvgIpc) is 2.27. The Balaban J connectivity index is 2.23. The Bertz CT molecular complexity index is 512. The van der Waals surface area contributed by atoms with Crippen LogP contribution in [0.2, 0.25) is 0 Å². The summed E-state index contributed by atoms with van der Waals surface area (Å²) >= 11 is 3.19. The third-order valence-corrected chi connectivity index (χ3v) is 3.65. The summed E-state index contributed by atoms with van der Waals surface area (Å²) in [6, 6.07) is 4.67. The Hall–Kier alpha value is -1.40. The summed E-state index contributed by atoms with van der Waals surface area (Å²) in [7, 11) is 0. The first-order valence-corrected chi connectivity index (χ1v) is 6.35. The summed E-state index contributed by atoms with van der Waals surface area (Å²) in [4.78, 5) is 23.0. The number of aromatic carboxylic acids is 1. The predicted molar refractivity (Wildman–Crippen MR) is 70.5 cm³/mol. The first kappa shape index (κ1) is 13.0. The molecule has 0 aliphatic heterocycles.